The molecule has 1 unspecified atom stereocenters. The zero-order valence-corrected chi connectivity index (χ0v) is 6.63. The van der Waals surface area contributed by atoms with Gasteiger partial charge in [0.15, 0.2) is 12.4 Å². The van der Waals surface area contributed by atoms with E-state index in [-0.39, 0.29) is 12.4 Å². The molecule has 0 saturated heterocycles. The lowest BCUT2D eigenvalue weighted by Gasteiger charge is -1.88. The van der Waals surface area contributed by atoms with Crippen LogP contribution < -0.4 is 0 Å². The summed E-state index contributed by atoms with van der Waals surface area (Å²) in [5.74, 6) is -0.139. The summed E-state index contributed by atoms with van der Waals surface area (Å²) < 4.78 is 14.1. The SMILES string of the molecule is CCCC(=O)CO[P+](=O)O. The van der Waals surface area contributed by atoms with Crippen LogP contribution in [0, 0.1) is 0 Å². The van der Waals surface area contributed by atoms with E-state index in [1.807, 2.05) is 6.92 Å². The van der Waals surface area contributed by atoms with Gasteiger partial charge in [-0.1, -0.05) is 6.92 Å². The van der Waals surface area contributed by atoms with Crippen LogP contribution in [0.15, 0.2) is 0 Å². The van der Waals surface area contributed by atoms with Gasteiger partial charge in [0.1, 0.15) is 0 Å². The second-order valence-corrected chi connectivity index (χ2v) is 2.53. The fraction of sp³-hybridized carbons (Fsp3) is 0.800. The average molecular weight is 165 g/mol. The lowest BCUT2D eigenvalue weighted by molar-refractivity contribution is -0.121. The Morgan fingerprint density at radius 3 is 2.70 bits per heavy atom. The molecule has 58 valence electrons. The Hall–Kier alpha value is -0.310. The maximum atomic E-state index is 10.6. The molecule has 0 aromatic carbocycles. The van der Waals surface area contributed by atoms with E-state index in [9.17, 15) is 9.36 Å². The summed E-state index contributed by atoms with van der Waals surface area (Å²) in [6.45, 7) is 1.61. The van der Waals surface area contributed by atoms with Crippen molar-refractivity contribution in [3.63, 3.8) is 0 Å². The van der Waals surface area contributed by atoms with E-state index in [2.05, 4.69) is 4.52 Å². The summed E-state index contributed by atoms with van der Waals surface area (Å²) in [4.78, 5) is 18.7. The van der Waals surface area contributed by atoms with Crippen LogP contribution in [0.5, 0.6) is 0 Å². The molecule has 1 N–H and O–H groups in total. The number of ketones is 1. The Morgan fingerprint density at radius 1 is 1.70 bits per heavy atom. The fourth-order valence-corrected chi connectivity index (χ4v) is 0.733. The van der Waals surface area contributed by atoms with Crippen molar-refractivity contribution >= 4 is 14.0 Å². The second-order valence-electron chi connectivity index (χ2n) is 1.80. The second kappa shape index (κ2) is 5.47. The van der Waals surface area contributed by atoms with E-state index >= 15 is 0 Å². The van der Waals surface area contributed by atoms with Crippen molar-refractivity contribution in [2.75, 3.05) is 6.61 Å². The van der Waals surface area contributed by atoms with Gasteiger partial charge in [-0.15, -0.1) is 9.42 Å². The van der Waals surface area contributed by atoms with Crippen LogP contribution in [0.2, 0.25) is 0 Å². The number of carbonyl (C=O) groups excluding carboxylic acids is 1. The molecule has 0 heterocycles. The predicted octanol–water partition coefficient (Wildman–Crippen LogP) is 1.02. The third-order valence-corrected chi connectivity index (χ3v) is 1.21. The minimum absolute atomic E-state index is 0.139. The van der Waals surface area contributed by atoms with Crippen LogP contribution in [0.4, 0.5) is 0 Å². The summed E-state index contributed by atoms with van der Waals surface area (Å²) >= 11 is 0. The van der Waals surface area contributed by atoms with Crippen molar-refractivity contribution in [2.24, 2.45) is 0 Å². The zero-order chi connectivity index (χ0) is 7.98. The average Bonchev–Trinajstić information content (AvgIpc) is 1.85. The topological polar surface area (TPSA) is 63.6 Å². The Labute approximate surface area is 60.1 Å². The molecule has 5 heteroatoms. The Bertz CT molecular complexity index is 134. The number of hydrogen-bond donors (Lipinski definition) is 1. The molecule has 0 saturated carbocycles. The molecule has 0 bridgehead atoms. The molecule has 0 radical (unpaired) electrons. The molecule has 0 aliphatic carbocycles. The van der Waals surface area contributed by atoms with Crippen molar-refractivity contribution in [3.8, 4) is 0 Å². The zero-order valence-electron chi connectivity index (χ0n) is 5.74. The third kappa shape index (κ3) is 5.82. The molecular formula is C5H10O4P+. The smallest absolute Gasteiger partial charge is 0.297 e. The van der Waals surface area contributed by atoms with Gasteiger partial charge < -0.3 is 0 Å². The number of rotatable bonds is 5. The summed E-state index contributed by atoms with van der Waals surface area (Å²) in [5, 5.41) is 0. The van der Waals surface area contributed by atoms with E-state index in [4.69, 9.17) is 4.89 Å². The van der Waals surface area contributed by atoms with Gasteiger partial charge in [0.25, 0.3) is 0 Å². The lowest BCUT2D eigenvalue weighted by Crippen LogP contribution is -2.03. The van der Waals surface area contributed by atoms with Gasteiger partial charge in [0.05, 0.1) is 0 Å². The molecule has 0 rings (SSSR count). The van der Waals surface area contributed by atoms with Gasteiger partial charge in [-0.05, 0) is 6.42 Å². The highest BCUT2D eigenvalue weighted by atomic mass is 31.1. The predicted molar refractivity (Wildman–Crippen MR) is 35.7 cm³/mol. The van der Waals surface area contributed by atoms with Crippen molar-refractivity contribution in [1.29, 1.82) is 0 Å². The summed E-state index contributed by atoms with van der Waals surface area (Å²) in [6.07, 6.45) is 1.15. The summed E-state index contributed by atoms with van der Waals surface area (Å²) in [5.41, 5.74) is 0. The van der Waals surface area contributed by atoms with Crippen molar-refractivity contribution < 1.29 is 18.8 Å². The molecule has 4 nitrogen and oxygen atoms in total. The molecular weight excluding hydrogens is 155 g/mol. The molecule has 0 fully saturated rings. The Kier molecular flexibility index (Phi) is 5.30. The molecule has 0 spiro atoms. The van der Waals surface area contributed by atoms with E-state index in [1.54, 1.807) is 0 Å². The van der Waals surface area contributed by atoms with Crippen LogP contribution >= 0.6 is 8.25 Å². The normalized spacial score (nSPS) is 11.2. The first-order valence-electron chi connectivity index (χ1n) is 2.97. The molecule has 10 heavy (non-hydrogen) atoms. The van der Waals surface area contributed by atoms with E-state index in [0.29, 0.717) is 6.42 Å². The summed E-state index contributed by atoms with van der Waals surface area (Å²) in [6, 6.07) is 0. The first-order chi connectivity index (χ1) is 4.66. The van der Waals surface area contributed by atoms with E-state index < -0.39 is 8.25 Å². The quantitative estimate of drug-likeness (QED) is 0.617. The molecule has 1 atom stereocenters. The maximum absolute atomic E-state index is 10.6. The molecule has 0 aromatic rings. The Morgan fingerprint density at radius 2 is 2.30 bits per heavy atom. The van der Waals surface area contributed by atoms with Gasteiger partial charge in [0, 0.05) is 11.0 Å². The highest BCUT2D eigenvalue weighted by Crippen LogP contribution is 2.13. The monoisotopic (exact) mass is 165 g/mol. The number of carbonyl (C=O) groups is 1. The molecule has 0 aliphatic rings. The Balaban J connectivity index is 3.30. The lowest BCUT2D eigenvalue weighted by atomic mass is 10.2. The van der Waals surface area contributed by atoms with Gasteiger partial charge in [-0.2, -0.15) is 0 Å². The van der Waals surface area contributed by atoms with Crippen molar-refractivity contribution in [3.05, 3.63) is 0 Å². The van der Waals surface area contributed by atoms with Gasteiger partial charge >= 0.3 is 8.25 Å². The fourth-order valence-electron chi connectivity index (χ4n) is 0.478. The van der Waals surface area contributed by atoms with E-state index in [0.717, 1.165) is 6.42 Å². The van der Waals surface area contributed by atoms with Gasteiger partial charge in [0.2, 0.25) is 0 Å². The third-order valence-electron chi connectivity index (χ3n) is 0.865. The molecule has 0 amide bonds. The van der Waals surface area contributed by atoms with Gasteiger partial charge in [-0.25, -0.2) is 0 Å². The largest absolute Gasteiger partial charge is 0.695 e. The molecule has 0 aromatic heterocycles. The highest BCUT2D eigenvalue weighted by molar-refractivity contribution is 7.32. The molecule has 0 aliphatic heterocycles. The number of hydrogen-bond acceptors (Lipinski definition) is 3. The first-order valence-corrected chi connectivity index (χ1v) is 4.10. The minimum Gasteiger partial charge on any atom is -0.297 e. The van der Waals surface area contributed by atoms with Crippen LogP contribution in [0.25, 0.3) is 0 Å². The van der Waals surface area contributed by atoms with Gasteiger partial charge in [-0.3, -0.25) is 4.79 Å². The van der Waals surface area contributed by atoms with Crippen LogP contribution in [-0.2, 0) is 13.9 Å². The minimum atomic E-state index is -2.61. The van der Waals surface area contributed by atoms with Crippen molar-refractivity contribution in [2.45, 2.75) is 19.8 Å². The van der Waals surface area contributed by atoms with Crippen molar-refractivity contribution in [1.82, 2.24) is 0 Å². The standard InChI is InChI=1S/C5H9O4P/c1-2-3-5(6)4-9-10(7)8/h2-4H2,1H3/p+1. The summed E-state index contributed by atoms with van der Waals surface area (Å²) in [7, 11) is -2.61. The van der Waals surface area contributed by atoms with E-state index in [1.165, 1.54) is 0 Å². The maximum Gasteiger partial charge on any atom is 0.695 e. The first kappa shape index (κ1) is 9.69. The van der Waals surface area contributed by atoms with Crippen LogP contribution in [-0.4, -0.2) is 17.3 Å². The highest BCUT2D eigenvalue weighted by Gasteiger charge is 2.14. The van der Waals surface area contributed by atoms with Crippen LogP contribution in [0.3, 0.4) is 0 Å². The van der Waals surface area contributed by atoms with Crippen LogP contribution in [0.1, 0.15) is 19.8 Å². The number of Topliss-reactive ketones (excluding diaryl/α,β-unsaturated/α-hetero) is 1.